The van der Waals surface area contributed by atoms with E-state index in [1.165, 1.54) is 18.3 Å². The molecule has 1 aromatic rings. The van der Waals surface area contributed by atoms with Crippen LogP contribution in [0.25, 0.3) is 6.08 Å². The molecule has 3 heteroatoms. The van der Waals surface area contributed by atoms with Crippen LogP contribution < -0.4 is 0 Å². The highest BCUT2D eigenvalue weighted by molar-refractivity contribution is 5.54. The van der Waals surface area contributed by atoms with Crippen molar-refractivity contribution >= 4 is 6.08 Å². The molecule has 12 heavy (non-hydrogen) atoms. The van der Waals surface area contributed by atoms with E-state index in [0.29, 0.717) is 5.69 Å². The molecule has 1 heterocycles. The van der Waals surface area contributed by atoms with Gasteiger partial charge in [-0.1, -0.05) is 12.1 Å². The minimum atomic E-state index is -2.37. The van der Waals surface area contributed by atoms with Crippen molar-refractivity contribution in [2.45, 2.75) is 12.2 Å². The number of nitrogens with zero attached hydrogens (tertiary/aromatic N) is 1. The first-order chi connectivity index (χ1) is 6.45. The maximum Gasteiger partial charge on any atom is 0.111 e. The Morgan fingerprint density at radius 1 is 1.50 bits per heavy atom. The second-order valence-electron chi connectivity index (χ2n) is 2.50. The molecule has 62 valence electrons. The van der Waals surface area contributed by atoms with Gasteiger partial charge in [-0.25, -0.2) is 0 Å². The van der Waals surface area contributed by atoms with Crippen molar-refractivity contribution in [1.29, 1.82) is 0 Å². The van der Waals surface area contributed by atoms with Crippen LogP contribution in [-0.4, -0.2) is 21.3 Å². The first-order valence-electron chi connectivity index (χ1n) is 4.55. The van der Waals surface area contributed by atoms with Gasteiger partial charge < -0.3 is 10.2 Å². The molecule has 0 amide bonds. The molecule has 0 saturated heterocycles. The van der Waals surface area contributed by atoms with Crippen molar-refractivity contribution in [3.63, 3.8) is 0 Å². The number of aromatic nitrogens is 1. The van der Waals surface area contributed by atoms with Crippen LogP contribution in [0.3, 0.4) is 0 Å². The highest BCUT2D eigenvalue weighted by atomic mass is 16.3. The van der Waals surface area contributed by atoms with Gasteiger partial charge in [0.25, 0.3) is 0 Å². The summed E-state index contributed by atoms with van der Waals surface area (Å²) in [5, 5.41) is 19.2. The van der Waals surface area contributed by atoms with Gasteiger partial charge in [-0.05, 0) is 12.1 Å². The molecular formula is C9H9NO2. The number of fused-ring (bicyclic) bond motifs is 1. The largest absolute Gasteiger partial charge is 0.386 e. The highest BCUT2D eigenvalue weighted by Crippen LogP contribution is 2.25. The maximum absolute atomic E-state index is 9.69. The fraction of sp³-hybridized carbons (Fsp3) is 0.222. The van der Waals surface area contributed by atoms with E-state index in [1.54, 1.807) is 6.07 Å². The molecule has 0 unspecified atom stereocenters. The number of pyridine rings is 1. The maximum atomic E-state index is 9.69. The Bertz CT molecular complexity index is 402. The summed E-state index contributed by atoms with van der Waals surface area (Å²) < 4.78 is 14.9. The third kappa shape index (κ3) is 1.03. The van der Waals surface area contributed by atoms with E-state index in [9.17, 15) is 10.2 Å². The fourth-order valence-electron chi connectivity index (χ4n) is 1.13. The standard InChI is InChI=1S/C9H9NO2/c11-8-4-3-7-6(9(8)12)2-1-5-10-7/h1-5,8-9,11-12H/t8-,9+/m0/s1/i8D,9D. The van der Waals surface area contributed by atoms with Gasteiger partial charge in [0.2, 0.25) is 0 Å². The van der Waals surface area contributed by atoms with Crippen molar-refractivity contribution in [3.8, 4) is 0 Å². The van der Waals surface area contributed by atoms with Gasteiger partial charge in [0, 0.05) is 11.8 Å². The van der Waals surface area contributed by atoms with Gasteiger partial charge in [0.1, 0.15) is 12.2 Å². The average Bonchev–Trinajstić information content (AvgIpc) is 2.13. The summed E-state index contributed by atoms with van der Waals surface area (Å²) in [7, 11) is 0. The van der Waals surface area contributed by atoms with Gasteiger partial charge in [-0.15, -0.1) is 0 Å². The Morgan fingerprint density at radius 3 is 3.17 bits per heavy atom. The molecule has 0 bridgehead atoms. The second-order valence-corrected chi connectivity index (χ2v) is 2.50. The van der Waals surface area contributed by atoms with Gasteiger partial charge in [-0.2, -0.15) is 0 Å². The second kappa shape index (κ2) is 2.69. The van der Waals surface area contributed by atoms with Crippen LogP contribution in [0.2, 0.25) is 0 Å². The van der Waals surface area contributed by atoms with Crippen molar-refractivity contribution in [2.24, 2.45) is 0 Å². The van der Waals surface area contributed by atoms with Gasteiger partial charge in [0.15, 0.2) is 0 Å². The van der Waals surface area contributed by atoms with E-state index in [-0.39, 0.29) is 5.56 Å². The summed E-state index contributed by atoms with van der Waals surface area (Å²) in [4.78, 5) is 3.92. The predicted molar refractivity (Wildman–Crippen MR) is 44.2 cm³/mol. The molecule has 2 atom stereocenters. The Kier molecular flexibility index (Phi) is 1.22. The molecule has 3 nitrogen and oxygen atoms in total. The minimum Gasteiger partial charge on any atom is -0.386 e. The van der Waals surface area contributed by atoms with Crippen LogP contribution in [0.15, 0.2) is 24.4 Å². The molecule has 0 aliphatic heterocycles. The van der Waals surface area contributed by atoms with Crippen LogP contribution >= 0.6 is 0 Å². The first-order valence-corrected chi connectivity index (χ1v) is 3.55. The summed E-state index contributed by atoms with van der Waals surface area (Å²) in [6.45, 7) is 0. The Hall–Kier alpha value is -1.19. The lowest BCUT2D eigenvalue weighted by Crippen LogP contribution is -2.19. The van der Waals surface area contributed by atoms with Crippen LogP contribution in [-0.2, 0) is 0 Å². The molecule has 2 N–H and O–H groups in total. The molecule has 1 aliphatic rings. The zero-order valence-corrected chi connectivity index (χ0v) is 6.23. The van der Waals surface area contributed by atoms with Crippen LogP contribution in [0.4, 0.5) is 0 Å². The minimum absolute atomic E-state index is 0.139. The Morgan fingerprint density at radius 2 is 2.33 bits per heavy atom. The Labute approximate surface area is 72.8 Å². The van der Waals surface area contributed by atoms with Gasteiger partial charge in [0.05, 0.1) is 8.44 Å². The lowest BCUT2D eigenvalue weighted by Gasteiger charge is -2.20. The van der Waals surface area contributed by atoms with Crippen molar-refractivity contribution in [2.75, 3.05) is 0 Å². The summed E-state index contributed by atoms with van der Waals surface area (Å²) in [5.41, 5.74) is 0.543. The fourth-order valence-corrected chi connectivity index (χ4v) is 1.13. The van der Waals surface area contributed by atoms with Crippen LogP contribution in [0.5, 0.6) is 0 Å². The van der Waals surface area contributed by atoms with Crippen molar-refractivity contribution in [3.05, 3.63) is 35.7 Å². The third-order valence-corrected chi connectivity index (χ3v) is 1.74. The highest BCUT2D eigenvalue weighted by Gasteiger charge is 2.21. The molecule has 0 saturated carbocycles. The normalized spacial score (nSPS) is 41.5. The molecular weight excluding hydrogens is 154 g/mol. The molecule has 1 aliphatic carbocycles. The SMILES string of the molecule is [2H][C@]1(O)C=Cc2ncccc2[C@@]1([2H])O. The summed E-state index contributed by atoms with van der Waals surface area (Å²) >= 11 is 0. The zero-order chi connectivity index (χ0) is 10.4. The van der Waals surface area contributed by atoms with E-state index < -0.39 is 12.2 Å². The third-order valence-electron chi connectivity index (χ3n) is 1.74. The predicted octanol–water partition coefficient (Wildman–Crippen LogP) is 0.503. The monoisotopic (exact) mass is 165 g/mol. The Balaban J connectivity index is 2.66. The summed E-state index contributed by atoms with van der Waals surface area (Å²) in [5.74, 6) is 0. The molecule has 2 rings (SSSR count). The van der Waals surface area contributed by atoms with E-state index in [4.69, 9.17) is 2.74 Å². The van der Waals surface area contributed by atoms with E-state index in [0.717, 1.165) is 6.08 Å². The topological polar surface area (TPSA) is 53.4 Å². The van der Waals surface area contributed by atoms with Gasteiger partial charge in [-0.3, -0.25) is 4.98 Å². The van der Waals surface area contributed by atoms with Gasteiger partial charge >= 0.3 is 0 Å². The quantitative estimate of drug-likeness (QED) is 0.588. The smallest absolute Gasteiger partial charge is 0.111 e. The van der Waals surface area contributed by atoms with Crippen LogP contribution in [0, 0.1) is 0 Å². The van der Waals surface area contributed by atoms with E-state index in [2.05, 4.69) is 4.98 Å². The lowest BCUT2D eigenvalue weighted by molar-refractivity contribution is 0.0467. The number of rotatable bonds is 0. The molecule has 0 spiro atoms. The summed E-state index contributed by atoms with van der Waals surface area (Å²) in [6, 6.07) is 3.02. The van der Waals surface area contributed by atoms with E-state index in [1.807, 2.05) is 0 Å². The first kappa shape index (κ1) is 5.45. The average molecular weight is 165 g/mol. The number of hydrogen-bond acceptors (Lipinski definition) is 3. The number of aliphatic hydroxyl groups is 2. The van der Waals surface area contributed by atoms with Crippen LogP contribution in [0.1, 0.15) is 20.1 Å². The molecule has 0 radical (unpaired) electrons. The van der Waals surface area contributed by atoms with Crippen molar-refractivity contribution < 1.29 is 13.0 Å². The molecule has 0 aromatic carbocycles. The molecule has 0 fully saturated rings. The lowest BCUT2D eigenvalue weighted by atomic mass is 9.97. The molecule has 1 aromatic heterocycles. The number of hydrogen-bond donors (Lipinski definition) is 2. The summed E-state index contributed by atoms with van der Waals surface area (Å²) in [6.07, 6.45) is -0.706. The zero-order valence-electron chi connectivity index (χ0n) is 8.23. The van der Waals surface area contributed by atoms with E-state index >= 15 is 0 Å². The van der Waals surface area contributed by atoms with Crippen molar-refractivity contribution in [1.82, 2.24) is 4.98 Å².